The van der Waals surface area contributed by atoms with E-state index in [1.807, 2.05) is 0 Å². The molecule has 19 heavy (non-hydrogen) atoms. The third kappa shape index (κ3) is 2.73. The molecule has 2 N–H and O–H groups in total. The molecule has 1 aromatic heterocycles. The predicted octanol–water partition coefficient (Wildman–Crippen LogP) is 2.91. The van der Waals surface area contributed by atoms with E-state index >= 15 is 0 Å². The molecule has 0 atom stereocenters. The van der Waals surface area contributed by atoms with Crippen molar-refractivity contribution in [1.82, 2.24) is 4.98 Å². The SMILES string of the molecule is Nc1cccnc1C(=O)c1cccc(C(F)(F)F)c1. The predicted molar refractivity (Wildman–Crippen MR) is 63.5 cm³/mol. The van der Waals surface area contributed by atoms with Crippen molar-refractivity contribution >= 4 is 11.5 Å². The summed E-state index contributed by atoms with van der Waals surface area (Å²) in [4.78, 5) is 15.8. The molecule has 2 rings (SSSR count). The standard InChI is InChI=1S/C13H9F3N2O/c14-13(15,16)9-4-1-3-8(7-9)12(19)11-10(17)5-2-6-18-11/h1-7H,17H2. The molecule has 2 aromatic rings. The Morgan fingerprint density at radius 2 is 1.89 bits per heavy atom. The molecule has 0 aliphatic carbocycles. The molecule has 0 saturated carbocycles. The minimum atomic E-state index is -4.49. The molecule has 0 bridgehead atoms. The third-order valence-corrected chi connectivity index (χ3v) is 2.51. The summed E-state index contributed by atoms with van der Waals surface area (Å²) in [5.41, 5.74) is 4.67. The van der Waals surface area contributed by atoms with Crippen LogP contribution in [0.5, 0.6) is 0 Å². The van der Waals surface area contributed by atoms with Gasteiger partial charge in [-0.2, -0.15) is 13.2 Å². The van der Waals surface area contributed by atoms with Gasteiger partial charge >= 0.3 is 6.18 Å². The number of carbonyl (C=O) groups is 1. The number of anilines is 1. The molecule has 1 heterocycles. The molecule has 1 aromatic carbocycles. The second-order valence-corrected chi connectivity index (χ2v) is 3.85. The highest BCUT2D eigenvalue weighted by atomic mass is 19.4. The summed E-state index contributed by atoms with van der Waals surface area (Å²) in [6.45, 7) is 0. The Hall–Kier alpha value is -2.37. The van der Waals surface area contributed by atoms with Crippen LogP contribution in [0.4, 0.5) is 18.9 Å². The first-order valence-electron chi connectivity index (χ1n) is 5.32. The number of alkyl halides is 3. The highest BCUT2D eigenvalue weighted by molar-refractivity contribution is 6.10. The summed E-state index contributed by atoms with van der Waals surface area (Å²) in [5.74, 6) is -0.635. The lowest BCUT2D eigenvalue weighted by atomic mass is 10.0. The Kier molecular flexibility index (Phi) is 3.25. The molecule has 0 aliphatic rings. The number of ketones is 1. The first kappa shape index (κ1) is 13.1. The Morgan fingerprint density at radius 3 is 2.53 bits per heavy atom. The van der Waals surface area contributed by atoms with Crippen molar-refractivity contribution in [3.8, 4) is 0 Å². The van der Waals surface area contributed by atoms with Crippen molar-refractivity contribution in [2.24, 2.45) is 0 Å². The smallest absolute Gasteiger partial charge is 0.397 e. The minimum Gasteiger partial charge on any atom is -0.397 e. The zero-order valence-electron chi connectivity index (χ0n) is 9.61. The van der Waals surface area contributed by atoms with Gasteiger partial charge in [0, 0.05) is 11.8 Å². The molecule has 98 valence electrons. The number of rotatable bonds is 2. The topological polar surface area (TPSA) is 56.0 Å². The maximum atomic E-state index is 12.6. The molecule has 0 spiro atoms. The summed E-state index contributed by atoms with van der Waals surface area (Å²) >= 11 is 0. The molecule has 6 heteroatoms. The van der Waals surface area contributed by atoms with E-state index in [1.165, 1.54) is 30.5 Å². The maximum absolute atomic E-state index is 12.6. The van der Waals surface area contributed by atoms with Crippen molar-refractivity contribution in [3.05, 3.63) is 59.4 Å². The van der Waals surface area contributed by atoms with Crippen LogP contribution in [-0.2, 0) is 6.18 Å². The van der Waals surface area contributed by atoms with E-state index in [9.17, 15) is 18.0 Å². The quantitative estimate of drug-likeness (QED) is 0.850. The van der Waals surface area contributed by atoms with Crippen molar-refractivity contribution in [3.63, 3.8) is 0 Å². The van der Waals surface area contributed by atoms with Crippen LogP contribution >= 0.6 is 0 Å². The number of carbonyl (C=O) groups excluding carboxylic acids is 1. The van der Waals surface area contributed by atoms with Crippen LogP contribution in [0.1, 0.15) is 21.6 Å². The van der Waals surface area contributed by atoms with Gasteiger partial charge in [0.05, 0.1) is 11.3 Å². The van der Waals surface area contributed by atoms with Crippen molar-refractivity contribution in [2.75, 3.05) is 5.73 Å². The van der Waals surface area contributed by atoms with E-state index in [1.54, 1.807) is 0 Å². The van der Waals surface area contributed by atoms with Crippen LogP contribution in [0.15, 0.2) is 42.6 Å². The number of aromatic nitrogens is 1. The van der Waals surface area contributed by atoms with Crippen LogP contribution in [0.3, 0.4) is 0 Å². The lowest BCUT2D eigenvalue weighted by molar-refractivity contribution is -0.137. The highest BCUT2D eigenvalue weighted by Gasteiger charge is 2.31. The second-order valence-electron chi connectivity index (χ2n) is 3.85. The molecular weight excluding hydrogens is 257 g/mol. The van der Waals surface area contributed by atoms with Gasteiger partial charge in [-0.3, -0.25) is 9.78 Å². The van der Waals surface area contributed by atoms with Crippen LogP contribution in [0, 0.1) is 0 Å². The summed E-state index contributed by atoms with van der Waals surface area (Å²) in [6.07, 6.45) is -3.14. The maximum Gasteiger partial charge on any atom is 0.416 e. The van der Waals surface area contributed by atoms with Gasteiger partial charge in [-0.05, 0) is 24.3 Å². The molecule has 0 fully saturated rings. The average Bonchev–Trinajstić information content (AvgIpc) is 2.38. The summed E-state index contributed by atoms with van der Waals surface area (Å²) in [6, 6.07) is 7.17. The monoisotopic (exact) mass is 266 g/mol. The molecule has 3 nitrogen and oxygen atoms in total. The number of hydrogen-bond acceptors (Lipinski definition) is 3. The fourth-order valence-electron chi connectivity index (χ4n) is 1.58. The number of pyridine rings is 1. The number of nitrogens with zero attached hydrogens (tertiary/aromatic N) is 1. The fraction of sp³-hybridized carbons (Fsp3) is 0.0769. The first-order valence-corrected chi connectivity index (χ1v) is 5.32. The van der Waals surface area contributed by atoms with Gasteiger partial charge in [0.2, 0.25) is 5.78 Å². The van der Waals surface area contributed by atoms with Gasteiger partial charge in [-0.15, -0.1) is 0 Å². The molecule has 0 amide bonds. The van der Waals surface area contributed by atoms with Crippen molar-refractivity contribution in [1.29, 1.82) is 0 Å². The van der Waals surface area contributed by atoms with E-state index in [-0.39, 0.29) is 16.9 Å². The van der Waals surface area contributed by atoms with E-state index < -0.39 is 17.5 Å². The van der Waals surface area contributed by atoms with Crippen molar-refractivity contribution < 1.29 is 18.0 Å². The number of nitrogen functional groups attached to an aromatic ring is 1. The highest BCUT2D eigenvalue weighted by Crippen LogP contribution is 2.30. The number of nitrogens with two attached hydrogens (primary N) is 1. The van der Waals surface area contributed by atoms with Gasteiger partial charge in [-0.25, -0.2) is 0 Å². The normalized spacial score (nSPS) is 11.3. The molecule has 0 aliphatic heterocycles. The van der Waals surface area contributed by atoms with Gasteiger partial charge in [0.25, 0.3) is 0 Å². The van der Waals surface area contributed by atoms with Crippen LogP contribution in [-0.4, -0.2) is 10.8 Å². The number of benzene rings is 1. The molecular formula is C13H9F3N2O. The van der Waals surface area contributed by atoms with Gasteiger partial charge in [0.15, 0.2) is 0 Å². The van der Waals surface area contributed by atoms with Crippen LogP contribution in [0.2, 0.25) is 0 Å². The minimum absolute atomic E-state index is 0.0539. The van der Waals surface area contributed by atoms with E-state index in [0.29, 0.717) is 0 Å². The second kappa shape index (κ2) is 4.72. The van der Waals surface area contributed by atoms with Crippen molar-refractivity contribution in [2.45, 2.75) is 6.18 Å². The zero-order chi connectivity index (χ0) is 14.0. The van der Waals surface area contributed by atoms with E-state index in [0.717, 1.165) is 12.1 Å². The van der Waals surface area contributed by atoms with Gasteiger partial charge in [-0.1, -0.05) is 12.1 Å². The van der Waals surface area contributed by atoms with Gasteiger partial charge < -0.3 is 5.73 Å². The van der Waals surface area contributed by atoms with E-state index in [2.05, 4.69) is 4.98 Å². The number of halogens is 3. The molecule has 0 radical (unpaired) electrons. The largest absolute Gasteiger partial charge is 0.416 e. The Morgan fingerprint density at radius 1 is 1.16 bits per heavy atom. The summed E-state index contributed by atoms with van der Waals surface area (Å²) in [5, 5.41) is 0. The third-order valence-electron chi connectivity index (χ3n) is 2.51. The molecule has 0 unspecified atom stereocenters. The van der Waals surface area contributed by atoms with Gasteiger partial charge in [0.1, 0.15) is 5.69 Å². The zero-order valence-corrected chi connectivity index (χ0v) is 9.61. The van der Waals surface area contributed by atoms with Crippen LogP contribution < -0.4 is 5.73 Å². The Balaban J connectivity index is 2.43. The first-order chi connectivity index (χ1) is 8.89. The molecule has 0 saturated heterocycles. The summed E-state index contributed by atoms with van der Waals surface area (Å²) < 4.78 is 37.7. The fourth-order valence-corrected chi connectivity index (χ4v) is 1.58. The lowest BCUT2D eigenvalue weighted by Gasteiger charge is -2.08. The Labute approximate surface area is 106 Å². The lowest BCUT2D eigenvalue weighted by Crippen LogP contribution is -2.10. The Bertz CT molecular complexity index is 623. The van der Waals surface area contributed by atoms with E-state index in [4.69, 9.17) is 5.73 Å². The number of hydrogen-bond donors (Lipinski definition) is 1. The van der Waals surface area contributed by atoms with Crippen LogP contribution in [0.25, 0.3) is 0 Å². The summed E-state index contributed by atoms with van der Waals surface area (Å²) in [7, 11) is 0. The average molecular weight is 266 g/mol.